The Balaban J connectivity index is 0.938. The molecule has 158 valence electrons. The van der Waals surface area contributed by atoms with Crippen LogP contribution in [-0.2, 0) is 0 Å². The number of rotatable bonds is 2. The molecule has 0 aromatic carbocycles. The number of piperidine rings is 2. The van der Waals surface area contributed by atoms with E-state index in [0.717, 1.165) is 34.2 Å². The Morgan fingerprint density at radius 3 is 1.79 bits per heavy atom. The van der Waals surface area contributed by atoms with Gasteiger partial charge in [-0.25, -0.2) is 0 Å². The van der Waals surface area contributed by atoms with Crippen molar-refractivity contribution in [2.45, 2.75) is 96.1 Å². The highest BCUT2D eigenvalue weighted by Gasteiger charge is 2.55. The molecule has 0 atom stereocenters. The molecule has 3 saturated heterocycles. The Morgan fingerprint density at radius 1 is 0.643 bits per heavy atom. The summed E-state index contributed by atoms with van der Waals surface area (Å²) in [6, 6.07) is 1.90. The summed E-state index contributed by atoms with van der Waals surface area (Å²) in [6.45, 7) is 10.7. The van der Waals surface area contributed by atoms with Crippen molar-refractivity contribution in [2.24, 2.45) is 22.2 Å². The minimum absolute atomic E-state index is 0.747. The van der Waals surface area contributed by atoms with Gasteiger partial charge in [-0.15, -0.1) is 0 Å². The van der Waals surface area contributed by atoms with Gasteiger partial charge < -0.3 is 10.2 Å². The Morgan fingerprint density at radius 2 is 1.18 bits per heavy atom. The van der Waals surface area contributed by atoms with Gasteiger partial charge in [0.15, 0.2) is 0 Å². The Bertz CT molecular complexity index is 555. The fourth-order valence-corrected chi connectivity index (χ4v) is 8.30. The molecule has 3 heteroatoms. The number of nitrogens with zero attached hydrogens (tertiary/aromatic N) is 2. The van der Waals surface area contributed by atoms with Gasteiger partial charge in [0.2, 0.25) is 0 Å². The second-order valence-corrected chi connectivity index (χ2v) is 12.5. The van der Waals surface area contributed by atoms with Crippen molar-refractivity contribution in [1.82, 2.24) is 15.1 Å². The quantitative estimate of drug-likeness (QED) is 0.765. The molecule has 0 bridgehead atoms. The lowest BCUT2D eigenvalue weighted by Crippen LogP contribution is -2.66. The van der Waals surface area contributed by atoms with Crippen LogP contribution in [0.1, 0.15) is 84.0 Å². The smallest absolute Gasteiger partial charge is 0.0106 e. The van der Waals surface area contributed by atoms with E-state index in [-0.39, 0.29) is 0 Å². The third-order valence-corrected chi connectivity index (χ3v) is 10.6. The predicted octanol–water partition coefficient (Wildman–Crippen LogP) is 4.28. The molecule has 3 aliphatic carbocycles. The molecule has 0 radical (unpaired) electrons. The van der Waals surface area contributed by atoms with Crippen molar-refractivity contribution < 1.29 is 0 Å². The van der Waals surface area contributed by atoms with E-state index in [1.165, 1.54) is 116 Å². The van der Waals surface area contributed by atoms with Crippen molar-refractivity contribution >= 4 is 0 Å². The largest absolute Gasteiger partial charge is 0.317 e. The normalized spacial score (nSPS) is 40.2. The molecule has 6 rings (SSSR count). The molecule has 3 nitrogen and oxygen atoms in total. The molecule has 3 spiro atoms. The molecule has 3 aliphatic heterocycles. The van der Waals surface area contributed by atoms with E-state index in [0.29, 0.717) is 0 Å². The summed E-state index contributed by atoms with van der Waals surface area (Å²) in [6.07, 6.45) is 18.0. The molecular formula is C25H43N3. The van der Waals surface area contributed by atoms with Gasteiger partial charge in [0.1, 0.15) is 0 Å². The van der Waals surface area contributed by atoms with Crippen LogP contribution >= 0.6 is 0 Å². The topological polar surface area (TPSA) is 18.5 Å². The third kappa shape index (κ3) is 3.10. The highest BCUT2D eigenvalue weighted by molar-refractivity contribution is 5.08. The lowest BCUT2D eigenvalue weighted by Gasteiger charge is -2.63. The third-order valence-electron chi connectivity index (χ3n) is 10.6. The molecule has 0 aromatic heterocycles. The van der Waals surface area contributed by atoms with Crippen LogP contribution in [-0.4, -0.2) is 61.2 Å². The van der Waals surface area contributed by atoms with Gasteiger partial charge in [0, 0.05) is 25.2 Å². The highest BCUT2D eigenvalue weighted by atomic mass is 15.3. The molecule has 6 aliphatic rings. The van der Waals surface area contributed by atoms with Gasteiger partial charge in [0.05, 0.1) is 0 Å². The van der Waals surface area contributed by atoms with Crippen molar-refractivity contribution in [3.8, 4) is 0 Å². The van der Waals surface area contributed by atoms with Crippen LogP contribution in [0, 0.1) is 22.2 Å². The zero-order valence-corrected chi connectivity index (χ0v) is 18.4. The fraction of sp³-hybridized carbons (Fsp3) is 1.00. The van der Waals surface area contributed by atoms with Crippen molar-refractivity contribution in [3.05, 3.63) is 0 Å². The SMILES string of the molecule is CC1CCC2(CC1)CN(C1CC3(CCN(C4CC5(CCNCC5)C4)CC3)C1)C2. The van der Waals surface area contributed by atoms with Crippen LogP contribution in [0.15, 0.2) is 0 Å². The van der Waals surface area contributed by atoms with Crippen LogP contribution in [0.5, 0.6) is 0 Å². The number of likely N-dealkylation sites (tertiary alicyclic amines) is 2. The number of hydrogen-bond acceptors (Lipinski definition) is 3. The molecular weight excluding hydrogens is 342 g/mol. The summed E-state index contributed by atoms with van der Waals surface area (Å²) in [7, 11) is 0. The van der Waals surface area contributed by atoms with Gasteiger partial charge in [0.25, 0.3) is 0 Å². The van der Waals surface area contributed by atoms with Crippen LogP contribution < -0.4 is 5.32 Å². The van der Waals surface area contributed by atoms with Gasteiger partial charge in [-0.1, -0.05) is 19.8 Å². The summed E-state index contributed by atoms with van der Waals surface area (Å²) >= 11 is 0. The Kier molecular flexibility index (Phi) is 4.45. The van der Waals surface area contributed by atoms with E-state index >= 15 is 0 Å². The number of hydrogen-bond donors (Lipinski definition) is 1. The summed E-state index contributed by atoms with van der Waals surface area (Å²) in [5, 5.41) is 3.55. The standard InChI is InChI=1S/C25H43N3/c1-20-2-4-25(5-3-20)18-28(19-25)22-16-24(17-22)8-12-27(13-9-24)21-14-23(15-21)6-10-26-11-7-23/h20-22,26H,2-19H2,1H3. The first-order valence-corrected chi connectivity index (χ1v) is 12.8. The van der Waals surface area contributed by atoms with E-state index < -0.39 is 0 Å². The fourth-order valence-electron chi connectivity index (χ4n) is 8.30. The lowest BCUT2D eigenvalue weighted by molar-refractivity contribution is -0.132. The zero-order valence-electron chi connectivity index (χ0n) is 18.4. The first-order chi connectivity index (χ1) is 13.6. The van der Waals surface area contributed by atoms with Crippen molar-refractivity contribution in [3.63, 3.8) is 0 Å². The van der Waals surface area contributed by atoms with Gasteiger partial charge in [-0.3, -0.25) is 4.90 Å². The molecule has 0 unspecified atom stereocenters. The summed E-state index contributed by atoms with van der Waals surface area (Å²) in [4.78, 5) is 5.79. The maximum atomic E-state index is 3.55. The maximum Gasteiger partial charge on any atom is 0.0106 e. The van der Waals surface area contributed by atoms with E-state index in [1.807, 2.05) is 0 Å². The molecule has 28 heavy (non-hydrogen) atoms. The molecule has 0 amide bonds. The first-order valence-electron chi connectivity index (χ1n) is 12.8. The van der Waals surface area contributed by atoms with Crippen LogP contribution in [0.25, 0.3) is 0 Å². The molecule has 1 N–H and O–H groups in total. The predicted molar refractivity (Wildman–Crippen MR) is 115 cm³/mol. The van der Waals surface area contributed by atoms with E-state index in [4.69, 9.17) is 0 Å². The van der Waals surface area contributed by atoms with Crippen LogP contribution in [0.2, 0.25) is 0 Å². The van der Waals surface area contributed by atoms with Crippen LogP contribution in [0.3, 0.4) is 0 Å². The molecule has 0 aromatic rings. The number of nitrogens with one attached hydrogen (secondary N) is 1. The molecule has 3 heterocycles. The van der Waals surface area contributed by atoms with Gasteiger partial charge >= 0.3 is 0 Å². The summed E-state index contributed by atoms with van der Waals surface area (Å²) in [5.41, 5.74) is 2.26. The summed E-state index contributed by atoms with van der Waals surface area (Å²) in [5.74, 6) is 0.997. The van der Waals surface area contributed by atoms with E-state index in [1.54, 1.807) is 0 Å². The van der Waals surface area contributed by atoms with Crippen molar-refractivity contribution in [1.29, 1.82) is 0 Å². The lowest BCUT2D eigenvalue weighted by atomic mass is 9.56. The Labute approximate surface area is 173 Å². The zero-order chi connectivity index (χ0) is 18.8. The van der Waals surface area contributed by atoms with Gasteiger partial charge in [-0.05, 0) is 113 Å². The average molecular weight is 386 g/mol. The minimum Gasteiger partial charge on any atom is -0.317 e. The maximum absolute atomic E-state index is 3.55. The highest BCUT2D eigenvalue weighted by Crippen LogP contribution is 2.57. The monoisotopic (exact) mass is 385 g/mol. The van der Waals surface area contributed by atoms with E-state index in [9.17, 15) is 0 Å². The van der Waals surface area contributed by atoms with Crippen LogP contribution in [0.4, 0.5) is 0 Å². The first kappa shape index (κ1) is 18.6. The minimum atomic E-state index is 0.747. The second-order valence-electron chi connectivity index (χ2n) is 12.5. The average Bonchev–Trinajstić information content (AvgIpc) is 2.64. The van der Waals surface area contributed by atoms with Crippen molar-refractivity contribution in [2.75, 3.05) is 39.3 Å². The molecule has 3 saturated carbocycles. The van der Waals surface area contributed by atoms with E-state index in [2.05, 4.69) is 22.0 Å². The summed E-state index contributed by atoms with van der Waals surface area (Å²) < 4.78 is 0. The Hall–Kier alpha value is -0.120. The second kappa shape index (κ2) is 6.69. The molecule has 6 fully saturated rings. The van der Waals surface area contributed by atoms with Gasteiger partial charge in [-0.2, -0.15) is 0 Å².